The Morgan fingerprint density at radius 2 is 1.82 bits per heavy atom. The number of carbonyl (C=O) groups excluding carboxylic acids is 2. The van der Waals surface area contributed by atoms with Crippen molar-refractivity contribution < 1.29 is 32.7 Å². The second-order valence-electron chi connectivity index (χ2n) is 5.43. The fourth-order valence-corrected chi connectivity index (χ4v) is 5.88. The van der Waals surface area contributed by atoms with Crippen LogP contribution in [-0.2, 0) is 38.0 Å². The third kappa shape index (κ3) is 1.32. The van der Waals surface area contributed by atoms with Crippen LogP contribution in [0.5, 0.6) is 0 Å². The molecule has 8 heteroatoms. The topological polar surface area (TPSA) is 88.1 Å². The van der Waals surface area contributed by atoms with E-state index in [1.165, 1.54) is 14.2 Å². The number of benzene rings is 1. The van der Waals surface area contributed by atoms with Gasteiger partial charge in [0.05, 0.1) is 6.10 Å². The quantitative estimate of drug-likeness (QED) is 0.475. The second-order valence-corrected chi connectivity index (χ2v) is 7.82. The van der Waals surface area contributed by atoms with Gasteiger partial charge in [-0.2, -0.15) is 0 Å². The van der Waals surface area contributed by atoms with Crippen LogP contribution in [0, 0.1) is 11.8 Å². The minimum absolute atomic E-state index is 0.555. The fraction of sp³-hybridized carbons (Fsp3) is 0.429. The summed E-state index contributed by atoms with van der Waals surface area (Å²) < 4.78 is 34.2. The molecule has 0 N–H and O–H groups in total. The van der Waals surface area contributed by atoms with Crippen LogP contribution in [0.4, 0.5) is 0 Å². The lowest BCUT2D eigenvalue weighted by molar-refractivity contribution is -0.159. The Morgan fingerprint density at radius 1 is 1.14 bits per heavy atom. The van der Waals surface area contributed by atoms with Gasteiger partial charge in [-0.15, -0.1) is 0 Å². The summed E-state index contributed by atoms with van der Waals surface area (Å²) in [5, 5.41) is -1.63. The molecule has 0 radical (unpaired) electrons. The summed E-state index contributed by atoms with van der Waals surface area (Å²) in [5.74, 6) is -3.25. The van der Waals surface area contributed by atoms with Crippen LogP contribution in [0.3, 0.4) is 0 Å². The highest BCUT2D eigenvalue weighted by Crippen LogP contribution is 2.78. The molecule has 4 rings (SSSR count). The molecule has 2 bridgehead atoms. The van der Waals surface area contributed by atoms with Crippen molar-refractivity contribution >= 4 is 19.5 Å². The molecule has 0 saturated carbocycles. The molecule has 0 aliphatic carbocycles. The molecule has 0 unspecified atom stereocenters. The van der Waals surface area contributed by atoms with E-state index in [1.807, 2.05) is 0 Å². The summed E-state index contributed by atoms with van der Waals surface area (Å²) in [6, 6.07) is 7.03. The zero-order chi connectivity index (χ0) is 15.7. The van der Waals surface area contributed by atoms with Crippen LogP contribution in [0.15, 0.2) is 24.3 Å². The van der Waals surface area contributed by atoms with Crippen LogP contribution < -0.4 is 0 Å². The molecule has 1 aromatic carbocycles. The zero-order valence-corrected chi connectivity index (χ0v) is 12.7. The number of rotatable bonds is 3. The maximum Gasteiger partial charge on any atom is 0.367 e. The summed E-state index contributed by atoms with van der Waals surface area (Å²) >= 11 is 0. The Morgan fingerprint density at radius 3 is 2.50 bits per heavy atom. The zero-order valence-electron chi connectivity index (χ0n) is 11.8. The summed E-state index contributed by atoms with van der Waals surface area (Å²) in [7, 11) is -1.40. The van der Waals surface area contributed by atoms with Crippen molar-refractivity contribution in [3.63, 3.8) is 0 Å². The van der Waals surface area contributed by atoms with Crippen molar-refractivity contribution in [1.82, 2.24) is 0 Å². The third-order valence-electron chi connectivity index (χ3n) is 4.68. The lowest BCUT2D eigenvalue weighted by atomic mass is 9.77. The first-order chi connectivity index (χ1) is 10.5. The molecule has 116 valence electrons. The van der Waals surface area contributed by atoms with Crippen LogP contribution >= 0.6 is 7.60 Å². The summed E-state index contributed by atoms with van der Waals surface area (Å²) in [6.45, 7) is 0. The molecule has 0 amide bonds. The van der Waals surface area contributed by atoms with Crippen LogP contribution in [0.1, 0.15) is 17.2 Å². The molecule has 7 nitrogen and oxygen atoms in total. The molecular weight excluding hydrogens is 311 g/mol. The van der Waals surface area contributed by atoms with E-state index in [-0.39, 0.29) is 0 Å². The van der Waals surface area contributed by atoms with Crippen molar-refractivity contribution in [2.45, 2.75) is 11.4 Å². The van der Waals surface area contributed by atoms with E-state index >= 15 is 0 Å². The Labute approximate surface area is 126 Å². The SMILES string of the molecule is COP(=O)(OC)[C@@]12O[C@@H](c3ccccc31)[C@H]1C(=O)OC(=O)[C@H]12. The maximum atomic E-state index is 13.2. The van der Waals surface area contributed by atoms with Gasteiger partial charge in [-0.25, -0.2) is 0 Å². The van der Waals surface area contributed by atoms with Gasteiger partial charge in [0.1, 0.15) is 11.8 Å². The van der Waals surface area contributed by atoms with Gasteiger partial charge in [-0.3, -0.25) is 14.2 Å². The molecular formula is C14H13O7P. The lowest BCUT2D eigenvalue weighted by Crippen LogP contribution is -2.38. The van der Waals surface area contributed by atoms with E-state index in [1.54, 1.807) is 24.3 Å². The smallest absolute Gasteiger partial charge is 0.367 e. The van der Waals surface area contributed by atoms with Crippen molar-refractivity contribution in [2.75, 3.05) is 14.2 Å². The van der Waals surface area contributed by atoms with Crippen molar-refractivity contribution in [3.8, 4) is 0 Å². The third-order valence-corrected chi connectivity index (χ3v) is 7.08. The molecule has 3 aliphatic rings. The highest BCUT2D eigenvalue weighted by Gasteiger charge is 2.78. The number of carbonyl (C=O) groups is 2. The predicted molar refractivity (Wildman–Crippen MR) is 71.6 cm³/mol. The molecule has 1 aromatic rings. The highest BCUT2D eigenvalue weighted by atomic mass is 31.2. The Bertz CT molecular complexity index is 736. The molecule has 2 fully saturated rings. The van der Waals surface area contributed by atoms with Crippen LogP contribution in [0.25, 0.3) is 0 Å². The van der Waals surface area contributed by atoms with Crippen molar-refractivity contribution in [2.24, 2.45) is 11.8 Å². The molecule has 2 saturated heterocycles. The van der Waals surface area contributed by atoms with Gasteiger partial charge < -0.3 is 18.5 Å². The van der Waals surface area contributed by atoms with Crippen molar-refractivity contribution in [1.29, 1.82) is 0 Å². The van der Waals surface area contributed by atoms with Gasteiger partial charge in [0.25, 0.3) is 0 Å². The standard InChI is InChI=1S/C14H13O7P/c1-18-22(17,19-2)14-8-6-4-3-5-7(8)11(21-14)9-10(14)13(16)20-12(9)15/h3-6,9-11H,1-2H3/t9-,10-,11-,14-/m0/s1. The van der Waals surface area contributed by atoms with Crippen LogP contribution in [-0.4, -0.2) is 26.2 Å². The average Bonchev–Trinajstić information content (AvgIpc) is 3.16. The Hall–Kier alpha value is -1.53. The maximum absolute atomic E-state index is 13.2. The minimum atomic E-state index is -3.86. The van der Waals surface area contributed by atoms with Gasteiger partial charge in [0.15, 0.2) is 0 Å². The summed E-state index contributed by atoms with van der Waals surface area (Å²) in [6.07, 6.45) is -0.682. The Balaban J connectivity index is 2.04. The summed E-state index contributed by atoms with van der Waals surface area (Å²) in [4.78, 5) is 24.2. The highest BCUT2D eigenvalue weighted by molar-refractivity contribution is 7.55. The van der Waals surface area contributed by atoms with E-state index in [0.717, 1.165) is 0 Å². The number of hydrogen-bond acceptors (Lipinski definition) is 7. The fourth-order valence-electron chi connectivity index (χ4n) is 3.84. The lowest BCUT2D eigenvalue weighted by Gasteiger charge is -2.35. The van der Waals surface area contributed by atoms with Gasteiger partial charge in [0, 0.05) is 19.8 Å². The van der Waals surface area contributed by atoms with Gasteiger partial charge in [0.2, 0.25) is 5.34 Å². The normalized spacial score (nSPS) is 35.5. The first kappa shape index (κ1) is 14.1. The van der Waals surface area contributed by atoms with E-state index < -0.39 is 42.8 Å². The first-order valence-electron chi connectivity index (χ1n) is 6.74. The van der Waals surface area contributed by atoms with Gasteiger partial charge in [-0.1, -0.05) is 24.3 Å². The van der Waals surface area contributed by atoms with Gasteiger partial charge in [-0.05, 0) is 5.56 Å². The van der Waals surface area contributed by atoms with E-state index in [2.05, 4.69) is 0 Å². The summed E-state index contributed by atoms with van der Waals surface area (Å²) in [5.41, 5.74) is 1.27. The predicted octanol–water partition coefficient (Wildman–Crippen LogP) is 1.73. The number of ether oxygens (including phenoxy) is 2. The molecule has 4 atom stereocenters. The molecule has 22 heavy (non-hydrogen) atoms. The Kier molecular flexibility index (Phi) is 2.73. The monoisotopic (exact) mass is 324 g/mol. The molecule has 3 heterocycles. The first-order valence-corrected chi connectivity index (χ1v) is 8.29. The molecule has 0 aromatic heterocycles. The van der Waals surface area contributed by atoms with E-state index in [4.69, 9.17) is 18.5 Å². The molecule has 3 aliphatic heterocycles. The number of hydrogen-bond donors (Lipinski definition) is 0. The van der Waals surface area contributed by atoms with E-state index in [0.29, 0.717) is 11.1 Å². The van der Waals surface area contributed by atoms with E-state index in [9.17, 15) is 14.2 Å². The number of fused-ring (bicyclic) bond motifs is 8. The number of esters is 2. The van der Waals surface area contributed by atoms with Crippen molar-refractivity contribution in [3.05, 3.63) is 35.4 Å². The van der Waals surface area contributed by atoms with Crippen LogP contribution in [0.2, 0.25) is 0 Å². The van der Waals surface area contributed by atoms with Gasteiger partial charge >= 0.3 is 19.5 Å². The average molecular weight is 324 g/mol. The second kappa shape index (κ2) is 4.26. The number of cyclic esters (lactones) is 2. The largest absolute Gasteiger partial charge is 0.393 e. The minimum Gasteiger partial charge on any atom is -0.393 e. The molecule has 0 spiro atoms.